The molecule has 1 aliphatic heterocycles. The van der Waals surface area contributed by atoms with Crippen LogP contribution in [0.2, 0.25) is 0 Å². The van der Waals surface area contributed by atoms with Gasteiger partial charge in [0, 0.05) is 29.6 Å². The molecule has 17 heavy (non-hydrogen) atoms. The smallest absolute Gasteiger partial charge is 0.0346 e. The number of likely N-dealkylation sites (tertiary alicyclic amines) is 1. The molecular weight excluding hydrogens is 276 g/mol. The first-order valence-corrected chi connectivity index (χ1v) is 7.20. The van der Waals surface area contributed by atoms with E-state index in [1.165, 1.54) is 31.5 Å². The minimum Gasteiger partial charge on any atom is -0.316 e. The van der Waals surface area contributed by atoms with Gasteiger partial charge in [-0.2, -0.15) is 0 Å². The van der Waals surface area contributed by atoms with Gasteiger partial charge in [-0.25, -0.2) is 0 Å². The second kappa shape index (κ2) is 5.98. The molecule has 94 valence electrons. The van der Waals surface area contributed by atoms with Gasteiger partial charge in [-0.15, -0.1) is 0 Å². The summed E-state index contributed by atoms with van der Waals surface area (Å²) in [6.07, 6.45) is 2.45. The average molecular weight is 297 g/mol. The molecule has 0 bridgehead atoms. The second-order valence-electron chi connectivity index (χ2n) is 4.74. The number of nitrogens with one attached hydrogen (secondary N) is 1. The summed E-state index contributed by atoms with van der Waals surface area (Å²) in [4.78, 5) is 2.60. The molecule has 0 aromatic heterocycles. The number of rotatable bonds is 4. The van der Waals surface area contributed by atoms with Gasteiger partial charge in [0.05, 0.1) is 0 Å². The maximum Gasteiger partial charge on any atom is 0.0346 e. The van der Waals surface area contributed by atoms with E-state index in [0.717, 1.165) is 4.47 Å². The molecule has 1 N–H and O–H groups in total. The van der Waals surface area contributed by atoms with Crippen LogP contribution in [0.25, 0.3) is 0 Å². The van der Waals surface area contributed by atoms with Crippen LogP contribution < -0.4 is 5.32 Å². The van der Waals surface area contributed by atoms with Crippen LogP contribution in [0.5, 0.6) is 0 Å². The van der Waals surface area contributed by atoms with E-state index >= 15 is 0 Å². The van der Waals surface area contributed by atoms with Crippen LogP contribution in [0.15, 0.2) is 28.7 Å². The Morgan fingerprint density at radius 3 is 2.65 bits per heavy atom. The highest BCUT2D eigenvalue weighted by molar-refractivity contribution is 9.10. The topological polar surface area (TPSA) is 15.3 Å². The fraction of sp³-hybridized carbons (Fsp3) is 0.571. The molecule has 1 aromatic carbocycles. The highest BCUT2D eigenvalue weighted by Gasteiger charge is 2.27. The highest BCUT2D eigenvalue weighted by Crippen LogP contribution is 2.28. The summed E-state index contributed by atoms with van der Waals surface area (Å²) in [5.74, 6) is 0. The lowest BCUT2D eigenvalue weighted by Gasteiger charge is -2.27. The van der Waals surface area contributed by atoms with Crippen LogP contribution in [0, 0.1) is 0 Å². The fourth-order valence-electron chi connectivity index (χ4n) is 2.70. The summed E-state index contributed by atoms with van der Waals surface area (Å²) >= 11 is 3.50. The van der Waals surface area contributed by atoms with Gasteiger partial charge < -0.3 is 5.32 Å². The lowest BCUT2D eigenvalue weighted by atomic mass is 10.0. The second-order valence-corrected chi connectivity index (χ2v) is 5.66. The van der Waals surface area contributed by atoms with Crippen molar-refractivity contribution < 1.29 is 0 Å². The molecule has 2 unspecified atom stereocenters. The summed E-state index contributed by atoms with van der Waals surface area (Å²) in [5.41, 5.74) is 1.44. The van der Waals surface area contributed by atoms with E-state index in [1.54, 1.807) is 0 Å². The summed E-state index contributed by atoms with van der Waals surface area (Å²) in [6.45, 7) is 4.66. The fourth-order valence-corrected chi connectivity index (χ4v) is 2.96. The molecule has 2 atom stereocenters. The third kappa shape index (κ3) is 3.09. The predicted octanol–water partition coefficient (Wildman–Crippen LogP) is 3.19. The first-order chi connectivity index (χ1) is 8.24. The van der Waals surface area contributed by atoms with Gasteiger partial charge >= 0.3 is 0 Å². The Hall–Kier alpha value is -0.380. The maximum absolute atomic E-state index is 3.50. The Morgan fingerprint density at radius 2 is 2.12 bits per heavy atom. The predicted molar refractivity (Wildman–Crippen MR) is 76.2 cm³/mol. The Bertz CT molecular complexity index is 350. The zero-order valence-corrected chi connectivity index (χ0v) is 12.2. The van der Waals surface area contributed by atoms with Crippen molar-refractivity contribution >= 4 is 15.9 Å². The number of halogens is 1. The monoisotopic (exact) mass is 296 g/mol. The van der Waals surface area contributed by atoms with Gasteiger partial charge in [-0.3, -0.25) is 4.90 Å². The van der Waals surface area contributed by atoms with Gasteiger partial charge in [-0.1, -0.05) is 35.0 Å². The number of likely N-dealkylation sites (N-methyl/N-ethyl adjacent to an activating group) is 1. The molecule has 2 nitrogen and oxygen atoms in total. The number of benzene rings is 1. The molecule has 0 radical (unpaired) electrons. The van der Waals surface area contributed by atoms with Crippen LogP contribution in [0.4, 0.5) is 0 Å². The van der Waals surface area contributed by atoms with Crippen LogP contribution in [-0.4, -0.2) is 31.1 Å². The van der Waals surface area contributed by atoms with Crippen LogP contribution in [0.3, 0.4) is 0 Å². The molecule has 0 aliphatic carbocycles. The standard InChI is InChI=1S/C14H21BrN2/c1-3-14(11-4-6-12(15)7-5-11)17-9-8-13(10-17)16-2/h4-7,13-14,16H,3,8-10H2,1-2H3. The summed E-state index contributed by atoms with van der Waals surface area (Å²) in [5, 5.41) is 3.38. The summed E-state index contributed by atoms with van der Waals surface area (Å²) < 4.78 is 1.16. The van der Waals surface area contributed by atoms with Crippen molar-refractivity contribution in [3.63, 3.8) is 0 Å². The van der Waals surface area contributed by atoms with Crippen LogP contribution >= 0.6 is 15.9 Å². The largest absolute Gasteiger partial charge is 0.316 e. The molecule has 1 heterocycles. The van der Waals surface area contributed by atoms with Crippen molar-refractivity contribution in [1.29, 1.82) is 0 Å². The SMILES string of the molecule is CCC(c1ccc(Br)cc1)N1CCC(NC)C1. The average Bonchev–Trinajstić information content (AvgIpc) is 2.81. The quantitative estimate of drug-likeness (QED) is 0.918. The van der Waals surface area contributed by atoms with Crippen molar-refractivity contribution in [2.24, 2.45) is 0 Å². The van der Waals surface area contributed by atoms with Gasteiger partial charge in [0.25, 0.3) is 0 Å². The Balaban J connectivity index is 2.08. The maximum atomic E-state index is 3.50. The van der Waals surface area contributed by atoms with Crippen molar-refractivity contribution in [3.05, 3.63) is 34.3 Å². The van der Waals surface area contributed by atoms with Crippen LogP contribution in [-0.2, 0) is 0 Å². The van der Waals surface area contributed by atoms with Gasteiger partial charge in [0.2, 0.25) is 0 Å². The zero-order chi connectivity index (χ0) is 12.3. The number of nitrogens with zero attached hydrogens (tertiary/aromatic N) is 1. The molecule has 0 saturated carbocycles. The Labute approximate surface area is 113 Å². The van der Waals surface area contributed by atoms with Gasteiger partial charge in [0.1, 0.15) is 0 Å². The number of hydrogen-bond acceptors (Lipinski definition) is 2. The van der Waals surface area contributed by atoms with E-state index < -0.39 is 0 Å². The normalized spacial score (nSPS) is 22.9. The van der Waals surface area contributed by atoms with E-state index in [-0.39, 0.29) is 0 Å². The van der Waals surface area contributed by atoms with E-state index in [4.69, 9.17) is 0 Å². The molecule has 3 heteroatoms. The minimum atomic E-state index is 0.571. The van der Waals surface area contributed by atoms with Crippen molar-refractivity contribution in [2.75, 3.05) is 20.1 Å². The first kappa shape index (κ1) is 13.1. The third-order valence-electron chi connectivity index (χ3n) is 3.71. The molecule has 0 amide bonds. The molecule has 1 saturated heterocycles. The zero-order valence-electron chi connectivity index (χ0n) is 10.6. The van der Waals surface area contributed by atoms with Gasteiger partial charge in [0.15, 0.2) is 0 Å². The lowest BCUT2D eigenvalue weighted by molar-refractivity contribution is 0.234. The van der Waals surface area contributed by atoms with Crippen molar-refractivity contribution in [1.82, 2.24) is 10.2 Å². The van der Waals surface area contributed by atoms with E-state index in [1.807, 2.05) is 0 Å². The molecule has 0 spiro atoms. The Morgan fingerprint density at radius 1 is 1.41 bits per heavy atom. The van der Waals surface area contributed by atoms with E-state index in [0.29, 0.717) is 12.1 Å². The lowest BCUT2D eigenvalue weighted by Crippen LogP contribution is -2.31. The molecule has 1 fully saturated rings. The summed E-state index contributed by atoms with van der Waals surface area (Å²) in [6, 6.07) is 10.0. The third-order valence-corrected chi connectivity index (χ3v) is 4.24. The molecular formula is C14H21BrN2. The first-order valence-electron chi connectivity index (χ1n) is 6.41. The van der Waals surface area contributed by atoms with E-state index in [2.05, 4.69) is 64.4 Å². The highest BCUT2D eigenvalue weighted by atomic mass is 79.9. The van der Waals surface area contributed by atoms with Gasteiger partial charge in [-0.05, 0) is 37.6 Å². The van der Waals surface area contributed by atoms with Crippen LogP contribution in [0.1, 0.15) is 31.4 Å². The van der Waals surface area contributed by atoms with Crippen molar-refractivity contribution in [2.45, 2.75) is 31.8 Å². The Kier molecular flexibility index (Phi) is 4.60. The van der Waals surface area contributed by atoms with Crippen molar-refractivity contribution in [3.8, 4) is 0 Å². The molecule has 1 aromatic rings. The summed E-state index contributed by atoms with van der Waals surface area (Å²) in [7, 11) is 2.06. The minimum absolute atomic E-state index is 0.571. The number of hydrogen-bond donors (Lipinski definition) is 1. The molecule has 1 aliphatic rings. The molecule has 2 rings (SSSR count). The van der Waals surface area contributed by atoms with E-state index in [9.17, 15) is 0 Å².